The van der Waals surface area contributed by atoms with Crippen LogP contribution in [0.1, 0.15) is 30.3 Å². The lowest BCUT2D eigenvalue weighted by Crippen LogP contribution is -2.49. The highest BCUT2D eigenvalue weighted by Gasteiger charge is 2.33. The van der Waals surface area contributed by atoms with Crippen LogP contribution in [0, 0.1) is 0 Å². The normalized spacial score (nSPS) is 18.6. The highest BCUT2D eigenvalue weighted by Crippen LogP contribution is 2.25. The molecule has 0 saturated carbocycles. The number of pyridine rings is 2. The van der Waals surface area contributed by atoms with Gasteiger partial charge in [-0.2, -0.15) is 10.2 Å². The number of piperidine rings is 1. The van der Waals surface area contributed by atoms with Crippen LogP contribution in [0.25, 0.3) is 5.69 Å². The molecule has 0 spiro atoms. The zero-order valence-electron chi connectivity index (χ0n) is 17.3. The lowest BCUT2D eigenvalue weighted by Gasteiger charge is -2.37. The number of alkyl halides is 2. The average molecular weight is 444 g/mol. The summed E-state index contributed by atoms with van der Waals surface area (Å²) in [5, 5.41) is 8.20. The molecule has 1 aliphatic heterocycles. The number of likely N-dealkylation sites (tertiary alicyclic amines) is 1. The zero-order valence-corrected chi connectivity index (χ0v) is 17.3. The summed E-state index contributed by atoms with van der Waals surface area (Å²) in [6.07, 6.45) is 4.59. The fourth-order valence-corrected chi connectivity index (χ4v) is 3.53. The molecular weight excluding hydrogens is 422 g/mol. The molecule has 4 rings (SSSR count). The predicted molar refractivity (Wildman–Crippen MR) is 109 cm³/mol. The highest BCUT2D eigenvalue weighted by atomic mass is 19.3. The first-order valence-corrected chi connectivity index (χ1v) is 10.2. The molecule has 0 aliphatic carbocycles. The Morgan fingerprint density at radius 2 is 1.97 bits per heavy atom. The second-order valence-electron chi connectivity index (χ2n) is 7.35. The van der Waals surface area contributed by atoms with Gasteiger partial charge in [0.05, 0.1) is 18.9 Å². The van der Waals surface area contributed by atoms with Gasteiger partial charge in [-0.05, 0) is 38.0 Å². The van der Waals surface area contributed by atoms with E-state index < -0.39 is 13.0 Å². The minimum atomic E-state index is -2.57. The third-order valence-corrected chi connectivity index (χ3v) is 5.09. The maximum Gasteiger partial charge on any atom is 0.275 e. The maximum absolute atomic E-state index is 13.4. The minimum absolute atomic E-state index is 0.0172. The van der Waals surface area contributed by atoms with Gasteiger partial charge >= 0.3 is 0 Å². The van der Waals surface area contributed by atoms with Gasteiger partial charge in [-0.15, -0.1) is 4.80 Å². The second-order valence-corrected chi connectivity index (χ2v) is 7.35. The smallest absolute Gasteiger partial charge is 0.275 e. The van der Waals surface area contributed by atoms with Crippen molar-refractivity contribution >= 4 is 5.91 Å². The van der Waals surface area contributed by atoms with E-state index in [1.54, 1.807) is 23.2 Å². The van der Waals surface area contributed by atoms with Crippen LogP contribution < -0.4 is 9.47 Å². The fourth-order valence-electron chi connectivity index (χ4n) is 3.53. The maximum atomic E-state index is 13.4. The fraction of sp³-hybridized carbons (Fsp3) is 0.381. The van der Waals surface area contributed by atoms with Crippen molar-refractivity contribution in [2.75, 3.05) is 13.2 Å². The molecule has 0 bridgehead atoms. The quantitative estimate of drug-likeness (QED) is 0.553. The van der Waals surface area contributed by atoms with E-state index in [4.69, 9.17) is 9.47 Å². The van der Waals surface area contributed by atoms with Crippen molar-refractivity contribution in [3.05, 3.63) is 54.7 Å². The zero-order chi connectivity index (χ0) is 22.5. The number of carbonyl (C=O) groups excluding carboxylic acids is 1. The van der Waals surface area contributed by atoms with Crippen LogP contribution in [0.15, 0.2) is 49.1 Å². The van der Waals surface area contributed by atoms with Crippen molar-refractivity contribution in [1.29, 1.82) is 0 Å². The van der Waals surface area contributed by atoms with Gasteiger partial charge in [0.2, 0.25) is 5.88 Å². The topological polar surface area (TPSA) is 95.3 Å². The van der Waals surface area contributed by atoms with E-state index >= 15 is 0 Å². The number of halogens is 2. The average Bonchev–Trinajstić information content (AvgIpc) is 3.34. The summed E-state index contributed by atoms with van der Waals surface area (Å²) < 4.78 is 35.7. The summed E-state index contributed by atoms with van der Waals surface area (Å²) in [4.78, 5) is 24.8. The van der Waals surface area contributed by atoms with Gasteiger partial charge in [0.15, 0.2) is 5.69 Å². The molecule has 0 unspecified atom stereocenters. The molecule has 168 valence electrons. The molecule has 1 fully saturated rings. The molecule has 32 heavy (non-hydrogen) atoms. The van der Waals surface area contributed by atoms with E-state index in [-0.39, 0.29) is 35.4 Å². The first-order valence-electron chi connectivity index (χ1n) is 10.2. The number of nitrogens with zero attached hydrogens (tertiary/aromatic N) is 6. The third kappa shape index (κ3) is 4.98. The van der Waals surface area contributed by atoms with Gasteiger partial charge in [-0.1, -0.05) is 0 Å². The highest BCUT2D eigenvalue weighted by molar-refractivity contribution is 5.96. The van der Waals surface area contributed by atoms with Gasteiger partial charge in [-0.3, -0.25) is 4.79 Å². The van der Waals surface area contributed by atoms with Crippen molar-refractivity contribution in [2.24, 2.45) is 0 Å². The van der Waals surface area contributed by atoms with E-state index in [1.165, 1.54) is 35.5 Å². The van der Waals surface area contributed by atoms with Crippen molar-refractivity contribution < 1.29 is 23.0 Å². The number of hydrogen-bond donors (Lipinski definition) is 0. The Hall–Kier alpha value is -3.63. The molecule has 1 saturated heterocycles. The van der Waals surface area contributed by atoms with E-state index in [0.29, 0.717) is 18.7 Å². The molecule has 4 heterocycles. The Bertz CT molecular complexity index is 1050. The van der Waals surface area contributed by atoms with Crippen molar-refractivity contribution in [2.45, 2.75) is 38.3 Å². The van der Waals surface area contributed by atoms with Crippen LogP contribution in [-0.4, -0.2) is 67.5 Å². The van der Waals surface area contributed by atoms with E-state index in [0.717, 1.165) is 6.42 Å². The molecular formula is C21H22F2N6O3. The molecule has 3 aromatic rings. The van der Waals surface area contributed by atoms with Crippen LogP contribution in [0.5, 0.6) is 11.6 Å². The molecule has 0 N–H and O–H groups in total. The molecule has 0 radical (unpaired) electrons. The lowest BCUT2D eigenvalue weighted by molar-refractivity contribution is 0.0366. The second kappa shape index (κ2) is 9.67. The SMILES string of the molecule is C[C@@H]1CC[C@@H](Oc2cc(OCC(F)F)ccn2)CN1C(=O)c1ncccc1-n1nccn1. The Labute approximate surface area is 183 Å². The molecule has 3 aromatic heterocycles. The number of rotatable bonds is 7. The van der Waals surface area contributed by atoms with Crippen LogP contribution in [0.2, 0.25) is 0 Å². The van der Waals surface area contributed by atoms with Crippen LogP contribution in [0.3, 0.4) is 0 Å². The molecule has 9 nitrogen and oxygen atoms in total. The van der Waals surface area contributed by atoms with Gasteiger partial charge in [-0.25, -0.2) is 18.7 Å². The summed E-state index contributed by atoms with van der Waals surface area (Å²) in [6.45, 7) is 1.59. The van der Waals surface area contributed by atoms with Crippen LogP contribution in [-0.2, 0) is 0 Å². The summed E-state index contributed by atoms with van der Waals surface area (Å²) >= 11 is 0. The predicted octanol–water partition coefficient (Wildman–Crippen LogP) is 2.77. The number of hydrogen-bond acceptors (Lipinski definition) is 7. The lowest BCUT2D eigenvalue weighted by atomic mass is 10.0. The van der Waals surface area contributed by atoms with Crippen molar-refractivity contribution in [3.63, 3.8) is 0 Å². The Morgan fingerprint density at radius 1 is 1.16 bits per heavy atom. The van der Waals surface area contributed by atoms with Gasteiger partial charge < -0.3 is 14.4 Å². The molecule has 1 amide bonds. The van der Waals surface area contributed by atoms with Crippen LogP contribution in [0.4, 0.5) is 8.78 Å². The summed E-state index contributed by atoms with van der Waals surface area (Å²) in [5.74, 6) is 0.251. The molecule has 0 aromatic carbocycles. The number of aromatic nitrogens is 5. The Balaban J connectivity index is 1.48. The minimum Gasteiger partial charge on any atom is -0.487 e. The van der Waals surface area contributed by atoms with Gasteiger partial charge in [0.25, 0.3) is 12.3 Å². The molecule has 11 heteroatoms. The number of amides is 1. The first kappa shape index (κ1) is 21.6. The van der Waals surface area contributed by atoms with E-state index in [2.05, 4.69) is 20.2 Å². The summed E-state index contributed by atoms with van der Waals surface area (Å²) in [6, 6.07) is 6.39. The number of ether oxygens (including phenoxy) is 2. The summed E-state index contributed by atoms with van der Waals surface area (Å²) in [5.41, 5.74) is 0.736. The van der Waals surface area contributed by atoms with Crippen molar-refractivity contribution in [3.8, 4) is 17.3 Å². The van der Waals surface area contributed by atoms with Crippen LogP contribution >= 0.6 is 0 Å². The van der Waals surface area contributed by atoms with Crippen molar-refractivity contribution in [1.82, 2.24) is 29.9 Å². The summed E-state index contributed by atoms with van der Waals surface area (Å²) in [7, 11) is 0. The van der Waals surface area contributed by atoms with Gasteiger partial charge in [0, 0.05) is 24.5 Å². The first-order chi connectivity index (χ1) is 15.5. The van der Waals surface area contributed by atoms with E-state index in [9.17, 15) is 13.6 Å². The standard InChI is InChI=1S/C21H22F2N6O3/c1-14-4-5-16(32-19-11-15(6-8-24-19)31-13-18(22)23)12-28(14)21(30)20-17(3-2-7-25-20)29-26-9-10-27-29/h2-3,6-11,14,16,18H,4-5,12-13H2,1H3/t14-,16-/m1/s1. The van der Waals surface area contributed by atoms with E-state index in [1.807, 2.05) is 6.92 Å². The Morgan fingerprint density at radius 3 is 2.75 bits per heavy atom. The Kier molecular flexibility index (Phi) is 6.52. The monoisotopic (exact) mass is 444 g/mol. The van der Waals surface area contributed by atoms with Gasteiger partial charge in [0.1, 0.15) is 24.1 Å². The largest absolute Gasteiger partial charge is 0.487 e. The number of carbonyl (C=O) groups is 1. The third-order valence-electron chi connectivity index (χ3n) is 5.09. The molecule has 2 atom stereocenters. The molecule has 1 aliphatic rings.